The second-order valence-corrected chi connectivity index (χ2v) is 11.7. The highest BCUT2D eigenvalue weighted by atomic mass is 16.5. The van der Waals surface area contributed by atoms with Crippen molar-refractivity contribution < 1.29 is 9.53 Å². The number of carbonyl (C=O) groups is 1. The van der Waals surface area contributed by atoms with Gasteiger partial charge in [-0.1, -0.05) is 32.9 Å². The van der Waals surface area contributed by atoms with Gasteiger partial charge in [-0.3, -0.25) is 9.69 Å². The first-order valence-electron chi connectivity index (χ1n) is 13.2. The Morgan fingerprint density at radius 3 is 2.21 bits per heavy atom. The van der Waals surface area contributed by atoms with E-state index in [0.29, 0.717) is 29.1 Å². The van der Waals surface area contributed by atoms with Gasteiger partial charge in [0.15, 0.2) is 0 Å². The topological polar surface area (TPSA) is 64.4 Å². The summed E-state index contributed by atoms with van der Waals surface area (Å²) in [5.41, 5.74) is 1.51. The van der Waals surface area contributed by atoms with Crippen LogP contribution < -0.4 is 5.56 Å². The number of esters is 1. The average molecular weight is 466 g/mol. The molecular weight excluding hydrogens is 426 g/mol. The normalized spacial score (nSPS) is 29.9. The first kappa shape index (κ1) is 23.5. The Bertz CT molecular complexity index is 1100. The lowest BCUT2D eigenvalue weighted by molar-refractivity contribution is 0.0248. The van der Waals surface area contributed by atoms with Crippen molar-refractivity contribution >= 4 is 17.0 Å². The van der Waals surface area contributed by atoms with Crippen molar-refractivity contribution in [3.63, 3.8) is 0 Å². The third-order valence-corrected chi connectivity index (χ3v) is 8.74. The van der Waals surface area contributed by atoms with Gasteiger partial charge in [0, 0.05) is 24.2 Å². The third-order valence-electron chi connectivity index (χ3n) is 8.74. The van der Waals surface area contributed by atoms with Gasteiger partial charge in [-0.25, -0.2) is 9.78 Å². The molecule has 1 aliphatic carbocycles. The van der Waals surface area contributed by atoms with Gasteiger partial charge in [-0.15, -0.1) is 0 Å². The van der Waals surface area contributed by atoms with E-state index in [4.69, 9.17) is 4.74 Å². The van der Waals surface area contributed by atoms with E-state index in [1.54, 1.807) is 6.92 Å². The van der Waals surface area contributed by atoms with E-state index in [1.807, 2.05) is 28.8 Å². The summed E-state index contributed by atoms with van der Waals surface area (Å²) in [5, 5.41) is 0. The third kappa shape index (κ3) is 4.19. The molecule has 34 heavy (non-hydrogen) atoms. The number of piperidine rings is 1. The van der Waals surface area contributed by atoms with E-state index in [9.17, 15) is 9.59 Å². The molecule has 2 bridgehead atoms. The number of hydrogen-bond donors (Lipinski definition) is 0. The number of carbonyl (C=O) groups excluding carboxylic acids is 1. The summed E-state index contributed by atoms with van der Waals surface area (Å²) in [6.07, 6.45) is 9.59. The van der Waals surface area contributed by atoms with Gasteiger partial charge in [0.05, 0.1) is 17.6 Å². The molecule has 2 aromatic rings. The number of rotatable bonds is 4. The van der Waals surface area contributed by atoms with E-state index in [1.165, 1.54) is 38.5 Å². The summed E-state index contributed by atoms with van der Waals surface area (Å²) in [6, 6.07) is 9.49. The molecule has 2 atom stereocenters. The standard InChI is InChI=1S/C28H39N3O3/c1-5-34-27(33)25-26(32)31(24-9-7-6-8-23(24)29-25)22-16-20-14-15-21(17-22)30(20)19-12-10-18(11-13-19)28(2,3)4/h6-9,18-22H,5,10-17H2,1-4H3/t18?,19?,20-,21-/m1/s1. The minimum atomic E-state index is -0.622. The number of ether oxygens (including phenoxy) is 1. The first-order valence-corrected chi connectivity index (χ1v) is 13.2. The zero-order valence-electron chi connectivity index (χ0n) is 21.1. The van der Waals surface area contributed by atoms with Gasteiger partial charge in [0.25, 0.3) is 5.56 Å². The molecule has 1 aromatic heterocycles. The molecule has 2 saturated heterocycles. The molecule has 3 fully saturated rings. The molecule has 0 amide bonds. The van der Waals surface area contributed by atoms with Crippen LogP contribution in [-0.4, -0.2) is 45.2 Å². The maximum atomic E-state index is 13.5. The van der Waals surface area contributed by atoms with Crippen LogP contribution in [0.4, 0.5) is 0 Å². The summed E-state index contributed by atoms with van der Waals surface area (Å²) in [6.45, 7) is 9.13. The zero-order chi connectivity index (χ0) is 24.0. The number of benzene rings is 1. The van der Waals surface area contributed by atoms with Crippen LogP contribution in [-0.2, 0) is 4.74 Å². The van der Waals surface area contributed by atoms with Gasteiger partial charge in [-0.2, -0.15) is 0 Å². The van der Waals surface area contributed by atoms with Crippen LogP contribution in [0.15, 0.2) is 29.1 Å². The fraction of sp³-hybridized carbons (Fsp3) is 0.679. The zero-order valence-corrected chi connectivity index (χ0v) is 21.1. The van der Waals surface area contributed by atoms with Crippen molar-refractivity contribution in [2.45, 2.75) is 103 Å². The molecule has 5 rings (SSSR count). The Kier molecular flexibility index (Phi) is 6.30. The highest BCUT2D eigenvalue weighted by Gasteiger charge is 2.46. The number of nitrogens with zero attached hydrogens (tertiary/aromatic N) is 3. The van der Waals surface area contributed by atoms with Crippen molar-refractivity contribution in [2.24, 2.45) is 11.3 Å². The Morgan fingerprint density at radius 2 is 1.59 bits per heavy atom. The van der Waals surface area contributed by atoms with Crippen molar-refractivity contribution in [1.82, 2.24) is 14.5 Å². The van der Waals surface area contributed by atoms with Crippen LogP contribution in [0.5, 0.6) is 0 Å². The molecule has 3 aliphatic rings. The molecule has 6 nitrogen and oxygen atoms in total. The molecule has 1 saturated carbocycles. The predicted molar refractivity (Wildman–Crippen MR) is 134 cm³/mol. The van der Waals surface area contributed by atoms with Gasteiger partial charge < -0.3 is 9.30 Å². The summed E-state index contributed by atoms with van der Waals surface area (Å²) < 4.78 is 7.03. The van der Waals surface area contributed by atoms with Crippen LogP contribution >= 0.6 is 0 Å². The average Bonchev–Trinajstić information content (AvgIpc) is 3.07. The fourth-order valence-electron chi connectivity index (χ4n) is 7.08. The maximum absolute atomic E-state index is 13.5. The SMILES string of the molecule is CCOC(=O)c1nc2ccccc2n(C2C[C@H]3CC[C@H](C2)N3C2CCC(C(C)(C)C)CC2)c1=O. The lowest BCUT2D eigenvalue weighted by atomic mass is 9.71. The number of para-hydroxylation sites is 2. The van der Waals surface area contributed by atoms with E-state index in [-0.39, 0.29) is 23.9 Å². The van der Waals surface area contributed by atoms with Crippen LogP contribution in [0.25, 0.3) is 11.0 Å². The Hall–Kier alpha value is -2.21. The van der Waals surface area contributed by atoms with Crippen molar-refractivity contribution in [2.75, 3.05) is 6.61 Å². The van der Waals surface area contributed by atoms with E-state index in [2.05, 4.69) is 30.7 Å². The smallest absolute Gasteiger partial charge is 0.362 e. The second kappa shape index (κ2) is 9.10. The lowest BCUT2D eigenvalue weighted by Crippen LogP contribution is -2.51. The monoisotopic (exact) mass is 465 g/mol. The largest absolute Gasteiger partial charge is 0.461 e. The highest BCUT2D eigenvalue weighted by molar-refractivity contribution is 5.89. The summed E-state index contributed by atoms with van der Waals surface area (Å²) >= 11 is 0. The van der Waals surface area contributed by atoms with E-state index >= 15 is 0 Å². The minimum Gasteiger partial charge on any atom is -0.461 e. The Labute approximate surface area is 202 Å². The van der Waals surface area contributed by atoms with Gasteiger partial charge in [0.1, 0.15) is 0 Å². The molecule has 0 spiro atoms. The van der Waals surface area contributed by atoms with Crippen LogP contribution in [0.3, 0.4) is 0 Å². The van der Waals surface area contributed by atoms with Crippen molar-refractivity contribution in [3.8, 4) is 0 Å². The maximum Gasteiger partial charge on any atom is 0.362 e. The van der Waals surface area contributed by atoms with Gasteiger partial charge >= 0.3 is 5.97 Å². The number of hydrogen-bond acceptors (Lipinski definition) is 5. The first-order chi connectivity index (χ1) is 16.3. The molecule has 2 aliphatic heterocycles. The van der Waals surface area contributed by atoms with Crippen LogP contribution in [0.2, 0.25) is 0 Å². The highest BCUT2D eigenvalue weighted by Crippen LogP contribution is 2.46. The predicted octanol–water partition coefficient (Wildman–Crippen LogP) is 5.35. The quantitative estimate of drug-likeness (QED) is 0.570. The summed E-state index contributed by atoms with van der Waals surface area (Å²) in [4.78, 5) is 33.3. The lowest BCUT2D eigenvalue weighted by Gasteiger charge is -2.47. The van der Waals surface area contributed by atoms with Crippen molar-refractivity contribution in [3.05, 3.63) is 40.3 Å². The molecule has 1 aromatic carbocycles. The Morgan fingerprint density at radius 1 is 0.971 bits per heavy atom. The van der Waals surface area contributed by atoms with E-state index < -0.39 is 5.97 Å². The van der Waals surface area contributed by atoms with Gasteiger partial charge in [-0.05, 0) is 81.8 Å². The second-order valence-electron chi connectivity index (χ2n) is 11.7. The molecular formula is C28H39N3O3. The molecule has 0 radical (unpaired) electrons. The van der Waals surface area contributed by atoms with Crippen LogP contribution in [0.1, 0.15) is 95.6 Å². The number of aromatic nitrogens is 2. The summed E-state index contributed by atoms with van der Waals surface area (Å²) in [5.74, 6) is 0.199. The van der Waals surface area contributed by atoms with E-state index in [0.717, 1.165) is 24.3 Å². The minimum absolute atomic E-state index is 0.0872. The molecule has 0 unspecified atom stereocenters. The van der Waals surface area contributed by atoms with Crippen molar-refractivity contribution in [1.29, 1.82) is 0 Å². The number of fused-ring (bicyclic) bond motifs is 3. The molecule has 0 N–H and O–H groups in total. The fourth-order valence-corrected chi connectivity index (χ4v) is 7.08. The summed E-state index contributed by atoms with van der Waals surface area (Å²) in [7, 11) is 0. The Balaban J connectivity index is 1.41. The molecule has 6 heteroatoms. The van der Waals surface area contributed by atoms with Gasteiger partial charge in [0.2, 0.25) is 5.69 Å². The molecule has 184 valence electrons. The van der Waals surface area contributed by atoms with Crippen LogP contribution in [0, 0.1) is 11.3 Å². The molecule has 3 heterocycles.